The van der Waals surface area contributed by atoms with Gasteiger partial charge < -0.3 is 10.4 Å². The minimum atomic E-state index is -4.37. The van der Waals surface area contributed by atoms with Gasteiger partial charge in [0.15, 0.2) is 0 Å². The zero-order chi connectivity index (χ0) is 31.2. The SMILES string of the molecule is CC/C=C\C/C=C\C/C=C\C/C=C\C/C=C\C/C=C\CCC(=O)NC(CS(=O)(=O)O)C(O)/C=C/CC/C=C/CCCC. The Morgan fingerprint density at radius 1 is 0.667 bits per heavy atom. The number of aliphatic hydroxyl groups is 1. The van der Waals surface area contributed by atoms with Gasteiger partial charge in [0.2, 0.25) is 5.91 Å². The summed E-state index contributed by atoms with van der Waals surface area (Å²) in [6.45, 7) is 4.28. The van der Waals surface area contributed by atoms with Gasteiger partial charge in [-0.25, -0.2) is 0 Å². The van der Waals surface area contributed by atoms with Gasteiger partial charge in [0.05, 0.1) is 17.9 Å². The molecular formula is C35H55NO5S. The average Bonchev–Trinajstić information content (AvgIpc) is 2.94. The number of hydrogen-bond acceptors (Lipinski definition) is 4. The van der Waals surface area contributed by atoms with Crippen LogP contribution in [0.15, 0.2) is 97.2 Å². The molecule has 0 aromatic rings. The molecule has 0 bridgehead atoms. The third kappa shape index (κ3) is 28.8. The second-order valence-electron chi connectivity index (χ2n) is 9.99. The number of rotatable bonds is 25. The lowest BCUT2D eigenvalue weighted by atomic mass is 10.1. The monoisotopic (exact) mass is 601 g/mol. The number of aliphatic hydroxyl groups excluding tert-OH is 1. The Bertz CT molecular complexity index is 1020. The van der Waals surface area contributed by atoms with E-state index >= 15 is 0 Å². The van der Waals surface area contributed by atoms with E-state index in [1.165, 1.54) is 6.08 Å². The summed E-state index contributed by atoms with van der Waals surface area (Å²) in [5, 5.41) is 12.9. The molecular weight excluding hydrogens is 546 g/mol. The first-order chi connectivity index (χ1) is 20.3. The quantitative estimate of drug-likeness (QED) is 0.0555. The minimum Gasteiger partial charge on any atom is -0.387 e. The van der Waals surface area contributed by atoms with Gasteiger partial charge in [-0.05, 0) is 64.2 Å². The van der Waals surface area contributed by atoms with Crippen LogP contribution in [0.4, 0.5) is 0 Å². The van der Waals surface area contributed by atoms with Gasteiger partial charge >= 0.3 is 0 Å². The summed E-state index contributed by atoms with van der Waals surface area (Å²) in [5.41, 5.74) is 0. The van der Waals surface area contributed by atoms with Crippen LogP contribution >= 0.6 is 0 Å². The van der Waals surface area contributed by atoms with Crippen molar-refractivity contribution in [2.24, 2.45) is 0 Å². The molecule has 0 spiro atoms. The molecule has 3 N–H and O–H groups in total. The van der Waals surface area contributed by atoms with E-state index in [0.717, 1.165) is 64.2 Å². The zero-order valence-electron chi connectivity index (χ0n) is 25.8. The molecule has 0 saturated carbocycles. The predicted molar refractivity (Wildman–Crippen MR) is 179 cm³/mol. The summed E-state index contributed by atoms with van der Waals surface area (Å²) in [5.74, 6) is -1.13. The Morgan fingerprint density at radius 3 is 1.62 bits per heavy atom. The molecule has 0 radical (unpaired) electrons. The fraction of sp³-hybridized carbons (Fsp3) is 0.514. The number of nitrogens with one attached hydrogen (secondary N) is 1. The van der Waals surface area contributed by atoms with E-state index in [0.29, 0.717) is 12.8 Å². The van der Waals surface area contributed by atoms with Crippen molar-refractivity contribution in [3.63, 3.8) is 0 Å². The number of carbonyl (C=O) groups is 1. The summed E-state index contributed by atoms with van der Waals surface area (Å²) in [7, 11) is -4.37. The summed E-state index contributed by atoms with van der Waals surface area (Å²) in [6, 6.07) is -1.12. The van der Waals surface area contributed by atoms with Crippen molar-refractivity contribution in [1.29, 1.82) is 0 Å². The average molecular weight is 602 g/mol. The van der Waals surface area contributed by atoms with E-state index in [4.69, 9.17) is 0 Å². The molecule has 0 aromatic carbocycles. The Kier molecular flexibility index (Phi) is 26.5. The van der Waals surface area contributed by atoms with Crippen LogP contribution < -0.4 is 5.32 Å². The van der Waals surface area contributed by atoms with Crippen LogP contribution in [-0.4, -0.2) is 41.9 Å². The van der Waals surface area contributed by atoms with Crippen molar-refractivity contribution in [3.8, 4) is 0 Å². The Morgan fingerprint density at radius 2 is 1.12 bits per heavy atom. The molecule has 7 heteroatoms. The summed E-state index contributed by atoms with van der Waals surface area (Å²) in [4.78, 5) is 12.3. The van der Waals surface area contributed by atoms with Crippen molar-refractivity contribution in [2.75, 3.05) is 5.75 Å². The minimum absolute atomic E-state index is 0.156. The molecule has 2 atom stereocenters. The third-order valence-corrected chi connectivity index (χ3v) is 6.79. The van der Waals surface area contributed by atoms with Gasteiger partial charge in [-0.2, -0.15) is 8.42 Å². The van der Waals surface area contributed by atoms with Crippen LogP contribution in [0.2, 0.25) is 0 Å². The van der Waals surface area contributed by atoms with Crippen LogP contribution in [0.25, 0.3) is 0 Å². The van der Waals surface area contributed by atoms with Crippen LogP contribution in [0, 0.1) is 0 Å². The van der Waals surface area contributed by atoms with Crippen molar-refractivity contribution in [2.45, 2.75) is 109 Å². The van der Waals surface area contributed by atoms with E-state index in [9.17, 15) is 22.9 Å². The van der Waals surface area contributed by atoms with Crippen molar-refractivity contribution in [1.82, 2.24) is 5.32 Å². The van der Waals surface area contributed by atoms with Crippen molar-refractivity contribution >= 4 is 16.0 Å². The van der Waals surface area contributed by atoms with Gasteiger partial charge in [0.25, 0.3) is 10.1 Å². The summed E-state index contributed by atoms with van der Waals surface area (Å²) >= 11 is 0. The molecule has 0 aliphatic heterocycles. The Labute approximate surface area is 256 Å². The first-order valence-electron chi connectivity index (χ1n) is 15.4. The van der Waals surface area contributed by atoms with E-state index in [-0.39, 0.29) is 12.3 Å². The molecule has 236 valence electrons. The van der Waals surface area contributed by atoms with E-state index in [2.05, 4.69) is 92.1 Å². The fourth-order valence-electron chi connectivity index (χ4n) is 3.71. The summed E-state index contributed by atoms with van der Waals surface area (Å²) in [6.07, 6.45) is 42.7. The Hall–Kier alpha value is -2.74. The summed E-state index contributed by atoms with van der Waals surface area (Å²) < 4.78 is 32.1. The van der Waals surface area contributed by atoms with Crippen LogP contribution in [0.5, 0.6) is 0 Å². The first kappa shape index (κ1) is 39.3. The molecule has 0 fully saturated rings. The van der Waals surface area contributed by atoms with Crippen molar-refractivity contribution < 1.29 is 22.9 Å². The first-order valence-corrected chi connectivity index (χ1v) is 17.0. The van der Waals surface area contributed by atoms with Gasteiger partial charge in [0, 0.05) is 6.42 Å². The molecule has 0 saturated heterocycles. The highest BCUT2D eigenvalue weighted by Gasteiger charge is 2.24. The van der Waals surface area contributed by atoms with Gasteiger partial charge in [0.1, 0.15) is 0 Å². The Balaban J connectivity index is 4.25. The molecule has 0 aromatic heterocycles. The lowest BCUT2D eigenvalue weighted by Crippen LogP contribution is -2.46. The maximum absolute atomic E-state index is 12.3. The number of allylic oxidation sites excluding steroid dienone is 15. The van der Waals surface area contributed by atoms with Gasteiger partial charge in [-0.15, -0.1) is 0 Å². The van der Waals surface area contributed by atoms with E-state index in [1.807, 2.05) is 12.2 Å². The van der Waals surface area contributed by atoms with Crippen LogP contribution in [0.3, 0.4) is 0 Å². The van der Waals surface area contributed by atoms with Crippen molar-refractivity contribution in [3.05, 3.63) is 97.2 Å². The standard InChI is InChI=1S/C35H55NO5S/c1-3-5-7-9-11-13-14-15-16-17-18-19-20-21-22-23-25-27-29-31-35(38)36-33(32-42(39,40)41)34(37)30-28-26-24-12-10-8-6-4-2/h5,7,10-13,15-16,18-19,21-22,25,27-28,30,33-34,37H,3-4,6,8-9,14,17,20,23-24,26,29,31-32H2,1-2H3,(H,36,38)(H,39,40,41)/b7-5-,12-10+,13-11-,16-15-,19-18-,22-21-,27-25-,30-28+. The topological polar surface area (TPSA) is 104 Å². The van der Waals surface area contributed by atoms with Gasteiger partial charge in [-0.3, -0.25) is 9.35 Å². The van der Waals surface area contributed by atoms with E-state index in [1.54, 1.807) is 6.08 Å². The lowest BCUT2D eigenvalue weighted by Gasteiger charge is -2.20. The fourth-order valence-corrected chi connectivity index (χ4v) is 4.44. The maximum atomic E-state index is 12.3. The van der Waals surface area contributed by atoms with E-state index < -0.39 is 28.0 Å². The number of amides is 1. The molecule has 42 heavy (non-hydrogen) atoms. The lowest BCUT2D eigenvalue weighted by molar-refractivity contribution is -0.122. The second-order valence-corrected chi connectivity index (χ2v) is 11.5. The number of hydrogen-bond donors (Lipinski definition) is 3. The second kappa shape index (κ2) is 28.4. The third-order valence-electron chi connectivity index (χ3n) is 6.01. The van der Waals surface area contributed by atoms with Gasteiger partial charge in [-0.1, -0.05) is 124 Å². The molecule has 6 nitrogen and oxygen atoms in total. The highest BCUT2D eigenvalue weighted by Crippen LogP contribution is 2.05. The highest BCUT2D eigenvalue weighted by atomic mass is 32.2. The highest BCUT2D eigenvalue weighted by molar-refractivity contribution is 7.85. The molecule has 1 amide bonds. The predicted octanol–water partition coefficient (Wildman–Crippen LogP) is 8.28. The van der Waals surface area contributed by atoms with Crippen LogP contribution in [-0.2, 0) is 14.9 Å². The molecule has 0 aliphatic carbocycles. The number of carbonyl (C=O) groups excluding carboxylic acids is 1. The molecule has 0 aliphatic rings. The zero-order valence-corrected chi connectivity index (χ0v) is 26.6. The largest absolute Gasteiger partial charge is 0.387 e. The smallest absolute Gasteiger partial charge is 0.267 e. The number of unbranched alkanes of at least 4 members (excludes halogenated alkanes) is 3. The van der Waals surface area contributed by atoms with Crippen LogP contribution in [0.1, 0.15) is 97.3 Å². The molecule has 0 rings (SSSR count). The maximum Gasteiger partial charge on any atom is 0.267 e. The molecule has 0 heterocycles. The normalized spacial score (nSPS) is 14.9. The molecule has 2 unspecified atom stereocenters.